The number of ether oxygens (including phenoxy) is 6. The van der Waals surface area contributed by atoms with Crippen LogP contribution in [0.25, 0.3) is 6.08 Å². The summed E-state index contributed by atoms with van der Waals surface area (Å²) in [6, 6.07) is 14.0. The fraction of sp³-hybridized carbons (Fsp3) is 0.286. The molecule has 0 bridgehead atoms. The van der Waals surface area contributed by atoms with Gasteiger partial charge in [-0.3, -0.25) is 9.36 Å². The second kappa shape index (κ2) is 14.5. The van der Waals surface area contributed by atoms with Gasteiger partial charge in [0.15, 0.2) is 27.8 Å². The van der Waals surface area contributed by atoms with Crippen LogP contribution in [0.5, 0.6) is 28.7 Å². The number of thiazole rings is 1. The standard InChI is InChI=1S/C35H35FN2O8S/c1-7-44-26-15-22(11-14-25(26)46-19-21-9-12-24(36)13-10-21)16-29-33(39)38-31(23-17-27(41-4)32(43-6)28(18-23)42-5)30(34(40)45-8-2)20(3)37-35(38)47-29/h9-18,31H,7-8,19H2,1-6H3/b29-16-/t31-/m1/s1. The summed E-state index contributed by atoms with van der Waals surface area (Å²) in [5, 5.41) is 0. The van der Waals surface area contributed by atoms with Gasteiger partial charge in [-0.25, -0.2) is 14.2 Å². The van der Waals surface area contributed by atoms with E-state index in [0.29, 0.717) is 61.5 Å². The third kappa shape index (κ3) is 6.87. The van der Waals surface area contributed by atoms with Crippen molar-refractivity contribution in [1.29, 1.82) is 0 Å². The van der Waals surface area contributed by atoms with Crippen LogP contribution in [0, 0.1) is 5.82 Å². The number of fused-ring (bicyclic) bond motifs is 1. The molecule has 0 spiro atoms. The van der Waals surface area contributed by atoms with Crippen LogP contribution in [0.1, 0.15) is 43.5 Å². The van der Waals surface area contributed by atoms with Gasteiger partial charge in [-0.05, 0) is 79.9 Å². The van der Waals surface area contributed by atoms with Crippen molar-refractivity contribution in [3.63, 3.8) is 0 Å². The van der Waals surface area contributed by atoms with Crippen LogP contribution in [-0.2, 0) is 16.1 Å². The van der Waals surface area contributed by atoms with Crippen molar-refractivity contribution < 1.29 is 37.6 Å². The number of carbonyl (C=O) groups is 1. The van der Waals surface area contributed by atoms with Gasteiger partial charge in [0.25, 0.3) is 5.56 Å². The van der Waals surface area contributed by atoms with E-state index in [9.17, 15) is 14.0 Å². The number of esters is 1. The number of benzene rings is 3. The third-order valence-electron chi connectivity index (χ3n) is 7.39. The van der Waals surface area contributed by atoms with E-state index in [4.69, 9.17) is 28.4 Å². The van der Waals surface area contributed by atoms with E-state index >= 15 is 0 Å². The largest absolute Gasteiger partial charge is 0.493 e. The molecule has 0 unspecified atom stereocenters. The average Bonchev–Trinajstić information content (AvgIpc) is 3.37. The SMILES string of the molecule is CCOC(=O)C1=C(C)N=c2s/c(=C\c3ccc(OCc4ccc(F)cc4)c(OCC)c3)c(=O)n2[C@@H]1c1cc(OC)c(OC)c(OC)c1. The maximum atomic E-state index is 14.2. The molecular formula is C35H35FN2O8S. The molecule has 1 aromatic heterocycles. The second-order valence-corrected chi connectivity index (χ2v) is 11.3. The first kappa shape index (κ1) is 33.3. The summed E-state index contributed by atoms with van der Waals surface area (Å²) in [4.78, 5) is 32.6. The summed E-state index contributed by atoms with van der Waals surface area (Å²) < 4.78 is 49.1. The minimum atomic E-state index is -0.887. The zero-order valence-electron chi connectivity index (χ0n) is 26.9. The fourth-order valence-corrected chi connectivity index (χ4v) is 6.31. The quantitative estimate of drug-likeness (QED) is 0.197. The van der Waals surface area contributed by atoms with Crippen molar-refractivity contribution in [2.75, 3.05) is 34.5 Å². The minimum absolute atomic E-state index is 0.147. The molecule has 0 N–H and O–H groups in total. The number of rotatable bonds is 12. The van der Waals surface area contributed by atoms with Crippen LogP contribution in [-0.4, -0.2) is 45.1 Å². The van der Waals surface area contributed by atoms with E-state index in [1.807, 2.05) is 13.0 Å². The molecule has 2 heterocycles. The molecule has 0 saturated carbocycles. The second-order valence-electron chi connectivity index (χ2n) is 10.3. The Bertz CT molecular complexity index is 1970. The molecule has 0 fully saturated rings. The van der Waals surface area contributed by atoms with Gasteiger partial charge in [-0.15, -0.1) is 0 Å². The Kier molecular flexibility index (Phi) is 10.3. The molecule has 1 atom stereocenters. The van der Waals surface area contributed by atoms with Gasteiger partial charge in [-0.1, -0.05) is 29.5 Å². The predicted molar refractivity (Wildman–Crippen MR) is 175 cm³/mol. The number of aromatic nitrogens is 1. The summed E-state index contributed by atoms with van der Waals surface area (Å²) in [5.41, 5.74) is 2.34. The number of hydrogen-bond donors (Lipinski definition) is 0. The molecule has 10 nitrogen and oxygen atoms in total. The topological polar surface area (TPSA) is 107 Å². The average molecular weight is 663 g/mol. The Morgan fingerprint density at radius 3 is 2.23 bits per heavy atom. The summed E-state index contributed by atoms with van der Waals surface area (Å²) in [7, 11) is 4.49. The normalized spacial score (nSPS) is 14.3. The van der Waals surface area contributed by atoms with Crippen molar-refractivity contribution in [3.05, 3.63) is 108 Å². The number of allylic oxidation sites excluding steroid dienone is 1. The number of halogens is 1. The van der Waals surface area contributed by atoms with Gasteiger partial charge < -0.3 is 28.4 Å². The van der Waals surface area contributed by atoms with Gasteiger partial charge in [-0.2, -0.15) is 0 Å². The molecule has 0 saturated heterocycles. The first-order chi connectivity index (χ1) is 22.7. The molecule has 4 aromatic rings. The maximum absolute atomic E-state index is 14.2. The highest BCUT2D eigenvalue weighted by Crippen LogP contribution is 2.42. The van der Waals surface area contributed by atoms with Crippen molar-refractivity contribution in [1.82, 2.24) is 4.57 Å². The van der Waals surface area contributed by atoms with Gasteiger partial charge >= 0.3 is 5.97 Å². The molecule has 5 rings (SSSR count). The van der Waals surface area contributed by atoms with Crippen LogP contribution >= 0.6 is 11.3 Å². The van der Waals surface area contributed by atoms with Crippen molar-refractivity contribution >= 4 is 23.4 Å². The Labute approximate surface area is 274 Å². The van der Waals surface area contributed by atoms with Gasteiger partial charge in [0.2, 0.25) is 5.75 Å². The van der Waals surface area contributed by atoms with E-state index in [1.54, 1.807) is 56.3 Å². The maximum Gasteiger partial charge on any atom is 0.338 e. The number of hydrogen-bond acceptors (Lipinski definition) is 10. The molecule has 0 amide bonds. The van der Waals surface area contributed by atoms with Crippen molar-refractivity contribution in [2.24, 2.45) is 4.99 Å². The molecule has 0 radical (unpaired) electrons. The number of methoxy groups -OCH3 is 3. The first-order valence-corrected chi connectivity index (χ1v) is 15.7. The Morgan fingerprint density at radius 1 is 0.915 bits per heavy atom. The van der Waals surface area contributed by atoms with Gasteiger partial charge in [0.1, 0.15) is 12.4 Å². The predicted octanol–water partition coefficient (Wildman–Crippen LogP) is 4.94. The highest BCUT2D eigenvalue weighted by molar-refractivity contribution is 7.07. The number of nitrogens with zero attached hydrogens (tertiary/aromatic N) is 2. The molecule has 1 aliphatic heterocycles. The highest BCUT2D eigenvalue weighted by Gasteiger charge is 2.34. The Hall–Kier alpha value is -5.10. The fourth-order valence-electron chi connectivity index (χ4n) is 5.26. The Morgan fingerprint density at radius 2 is 1.62 bits per heavy atom. The first-order valence-electron chi connectivity index (χ1n) is 14.9. The summed E-state index contributed by atoms with van der Waals surface area (Å²) in [6.07, 6.45) is 1.74. The highest BCUT2D eigenvalue weighted by atomic mass is 32.1. The number of carbonyl (C=O) groups excluding carboxylic acids is 1. The van der Waals surface area contributed by atoms with Crippen LogP contribution in [0.2, 0.25) is 0 Å². The van der Waals surface area contributed by atoms with Crippen LogP contribution < -0.4 is 38.6 Å². The van der Waals surface area contributed by atoms with E-state index in [-0.39, 0.29) is 30.2 Å². The zero-order valence-corrected chi connectivity index (χ0v) is 27.7. The lowest BCUT2D eigenvalue weighted by molar-refractivity contribution is -0.139. The van der Waals surface area contributed by atoms with Crippen molar-refractivity contribution in [3.8, 4) is 28.7 Å². The Balaban J connectivity index is 1.61. The monoisotopic (exact) mass is 662 g/mol. The summed E-state index contributed by atoms with van der Waals surface area (Å²) in [6.45, 7) is 6.06. The molecule has 12 heteroatoms. The molecule has 47 heavy (non-hydrogen) atoms. The molecular weight excluding hydrogens is 627 g/mol. The van der Waals surface area contributed by atoms with Gasteiger partial charge in [0.05, 0.1) is 56.4 Å². The summed E-state index contributed by atoms with van der Waals surface area (Å²) >= 11 is 1.20. The van der Waals surface area contributed by atoms with Crippen LogP contribution in [0.4, 0.5) is 4.39 Å². The van der Waals surface area contributed by atoms with Crippen LogP contribution in [0.3, 0.4) is 0 Å². The third-order valence-corrected chi connectivity index (χ3v) is 8.38. The van der Waals surface area contributed by atoms with Crippen molar-refractivity contribution in [2.45, 2.75) is 33.4 Å². The van der Waals surface area contributed by atoms with E-state index in [2.05, 4.69) is 4.99 Å². The van der Waals surface area contributed by atoms with Gasteiger partial charge in [0, 0.05) is 0 Å². The zero-order chi connectivity index (χ0) is 33.7. The molecule has 1 aliphatic rings. The van der Waals surface area contributed by atoms with E-state index in [1.165, 1.54) is 49.4 Å². The lowest BCUT2D eigenvalue weighted by Crippen LogP contribution is -2.40. The lowest BCUT2D eigenvalue weighted by Gasteiger charge is -2.26. The van der Waals surface area contributed by atoms with E-state index in [0.717, 1.165) is 5.56 Å². The molecule has 0 aliphatic carbocycles. The summed E-state index contributed by atoms with van der Waals surface area (Å²) in [5.74, 6) is 1.21. The van der Waals surface area contributed by atoms with Crippen LogP contribution in [0.15, 0.2) is 75.7 Å². The smallest absolute Gasteiger partial charge is 0.338 e. The lowest BCUT2D eigenvalue weighted by atomic mass is 9.95. The molecule has 3 aromatic carbocycles. The minimum Gasteiger partial charge on any atom is -0.493 e. The van der Waals surface area contributed by atoms with E-state index < -0.39 is 12.0 Å². The molecule has 246 valence electrons.